The minimum Gasteiger partial charge on any atom is -0.370 e. The standard InChI is InChI=1S/C21H34F3N5O6/c1-10(2)17(28-13(5)31)16(11(3)8-26-9-30)20(35)29-14(6-7-15(25)32)19(34)27-12(4)18(33)21(22,23)24/h9-12,14,16-17H,6-8H2,1-5H3,(H2,25,32)(H,26,30)(H,27,34)(H,28,31)(H,29,35)/t11?,12?,14-,16-,17-/m0/s1. The number of carbonyl (C=O) groups is 6. The topological polar surface area (TPSA) is 177 Å². The summed E-state index contributed by atoms with van der Waals surface area (Å²) in [4.78, 5) is 71.1. The number of Topliss-reactive ketones (excluding diaryl/α,β-unsaturated/α-hetero) is 1. The van der Waals surface area contributed by atoms with Crippen molar-refractivity contribution in [2.75, 3.05) is 6.54 Å². The SMILES string of the molecule is CC(=O)N[C@@H](C(C)C)[C@@H](C(=O)N[C@@H](CCC(N)=O)C(=O)NC(C)C(=O)C(F)(F)F)C(C)CNC=O. The Morgan fingerprint density at radius 2 is 1.51 bits per heavy atom. The molecular weight excluding hydrogens is 475 g/mol. The monoisotopic (exact) mass is 509 g/mol. The molecule has 0 aromatic heterocycles. The highest BCUT2D eigenvalue weighted by Crippen LogP contribution is 2.23. The number of rotatable bonds is 15. The number of primary amides is 1. The summed E-state index contributed by atoms with van der Waals surface area (Å²) in [6.45, 7) is 7.23. The van der Waals surface area contributed by atoms with Crippen LogP contribution in [0, 0.1) is 17.8 Å². The zero-order chi connectivity index (χ0) is 27.5. The lowest BCUT2D eigenvalue weighted by atomic mass is 9.80. The normalized spacial score (nSPS) is 15.7. The average Bonchev–Trinajstić information content (AvgIpc) is 2.72. The van der Waals surface area contributed by atoms with Crippen LogP contribution in [0.25, 0.3) is 0 Å². The Morgan fingerprint density at radius 3 is 1.94 bits per heavy atom. The molecule has 6 N–H and O–H groups in total. The number of hydrogen-bond donors (Lipinski definition) is 5. The molecule has 0 heterocycles. The minimum absolute atomic E-state index is 0.0413. The van der Waals surface area contributed by atoms with Crippen molar-refractivity contribution in [3.8, 4) is 0 Å². The van der Waals surface area contributed by atoms with Crippen LogP contribution in [0.2, 0.25) is 0 Å². The van der Waals surface area contributed by atoms with Crippen LogP contribution in [-0.4, -0.2) is 66.7 Å². The number of hydrogen-bond acceptors (Lipinski definition) is 6. The van der Waals surface area contributed by atoms with Crippen molar-refractivity contribution in [2.24, 2.45) is 23.5 Å². The fourth-order valence-electron chi connectivity index (χ4n) is 3.49. The molecule has 0 aliphatic heterocycles. The van der Waals surface area contributed by atoms with Crippen LogP contribution in [0.15, 0.2) is 0 Å². The summed E-state index contributed by atoms with van der Waals surface area (Å²) in [7, 11) is 0. The Bertz CT molecular complexity index is 790. The second-order valence-corrected chi connectivity index (χ2v) is 8.66. The first-order valence-corrected chi connectivity index (χ1v) is 11.0. The largest absolute Gasteiger partial charge is 0.452 e. The van der Waals surface area contributed by atoms with Crippen molar-refractivity contribution in [1.29, 1.82) is 0 Å². The molecule has 0 rings (SSSR count). The maximum atomic E-state index is 13.3. The van der Waals surface area contributed by atoms with E-state index in [1.54, 1.807) is 20.8 Å². The molecular formula is C21H34F3N5O6. The molecule has 0 aliphatic rings. The summed E-state index contributed by atoms with van der Waals surface area (Å²) in [6, 6.07) is -4.18. The van der Waals surface area contributed by atoms with Gasteiger partial charge in [0.2, 0.25) is 30.0 Å². The lowest BCUT2D eigenvalue weighted by molar-refractivity contribution is -0.173. The second-order valence-electron chi connectivity index (χ2n) is 8.66. The third-order valence-electron chi connectivity index (χ3n) is 5.26. The van der Waals surface area contributed by atoms with Gasteiger partial charge in [-0.05, 0) is 25.2 Å². The lowest BCUT2D eigenvalue weighted by Crippen LogP contribution is -2.57. The van der Waals surface area contributed by atoms with E-state index in [2.05, 4.69) is 16.0 Å². The highest BCUT2D eigenvalue weighted by Gasteiger charge is 2.43. The molecule has 0 aliphatic carbocycles. The maximum absolute atomic E-state index is 13.3. The third kappa shape index (κ3) is 11.2. The van der Waals surface area contributed by atoms with Crippen LogP contribution in [0.5, 0.6) is 0 Å². The number of nitrogens with two attached hydrogens (primary N) is 1. The summed E-state index contributed by atoms with van der Waals surface area (Å²) in [6.07, 6.45) is -5.49. The molecule has 5 atom stereocenters. The summed E-state index contributed by atoms with van der Waals surface area (Å²) >= 11 is 0. The third-order valence-corrected chi connectivity index (χ3v) is 5.26. The summed E-state index contributed by atoms with van der Waals surface area (Å²) in [5.41, 5.74) is 5.11. The van der Waals surface area contributed by atoms with Gasteiger partial charge in [0.15, 0.2) is 0 Å². The molecule has 0 saturated heterocycles. The second kappa shape index (κ2) is 14.3. The van der Waals surface area contributed by atoms with Gasteiger partial charge < -0.3 is 27.0 Å². The predicted octanol–water partition coefficient (Wildman–Crippen LogP) is -0.468. The highest BCUT2D eigenvalue weighted by atomic mass is 19.4. The zero-order valence-corrected chi connectivity index (χ0v) is 20.3. The Labute approximate surface area is 201 Å². The highest BCUT2D eigenvalue weighted by molar-refractivity contribution is 5.95. The maximum Gasteiger partial charge on any atom is 0.452 e. The van der Waals surface area contributed by atoms with Crippen molar-refractivity contribution < 1.29 is 41.9 Å². The Kier molecular flexibility index (Phi) is 13.0. The van der Waals surface area contributed by atoms with Crippen LogP contribution in [0.1, 0.15) is 47.5 Å². The minimum atomic E-state index is -5.19. The molecule has 14 heteroatoms. The van der Waals surface area contributed by atoms with Gasteiger partial charge in [0.05, 0.1) is 12.0 Å². The van der Waals surface area contributed by atoms with Crippen LogP contribution in [-0.2, 0) is 28.8 Å². The molecule has 0 radical (unpaired) electrons. The first-order valence-electron chi connectivity index (χ1n) is 11.0. The summed E-state index contributed by atoms with van der Waals surface area (Å²) < 4.78 is 38.0. The lowest BCUT2D eigenvalue weighted by Gasteiger charge is -2.35. The van der Waals surface area contributed by atoms with Crippen molar-refractivity contribution >= 4 is 35.8 Å². The Hall–Kier alpha value is -3.19. The van der Waals surface area contributed by atoms with E-state index in [9.17, 15) is 41.9 Å². The molecule has 35 heavy (non-hydrogen) atoms. The van der Waals surface area contributed by atoms with E-state index >= 15 is 0 Å². The van der Waals surface area contributed by atoms with Crippen LogP contribution in [0.4, 0.5) is 13.2 Å². The van der Waals surface area contributed by atoms with Crippen LogP contribution in [0.3, 0.4) is 0 Å². The fourth-order valence-corrected chi connectivity index (χ4v) is 3.49. The van der Waals surface area contributed by atoms with E-state index in [1.165, 1.54) is 6.92 Å². The van der Waals surface area contributed by atoms with E-state index in [-0.39, 0.29) is 25.3 Å². The van der Waals surface area contributed by atoms with E-state index in [4.69, 9.17) is 5.73 Å². The number of amides is 5. The van der Waals surface area contributed by atoms with Gasteiger partial charge in [-0.3, -0.25) is 28.8 Å². The Morgan fingerprint density at radius 1 is 0.943 bits per heavy atom. The van der Waals surface area contributed by atoms with Crippen molar-refractivity contribution in [3.63, 3.8) is 0 Å². The molecule has 0 aromatic rings. The average molecular weight is 510 g/mol. The molecule has 2 unspecified atom stereocenters. The van der Waals surface area contributed by atoms with E-state index in [1.807, 2.05) is 5.32 Å². The number of nitrogens with one attached hydrogen (secondary N) is 4. The molecule has 0 fully saturated rings. The molecule has 5 amide bonds. The fraction of sp³-hybridized carbons (Fsp3) is 0.714. The summed E-state index contributed by atoms with van der Waals surface area (Å²) in [5.74, 6) is -7.12. The van der Waals surface area contributed by atoms with Gasteiger partial charge in [0.1, 0.15) is 6.04 Å². The van der Waals surface area contributed by atoms with Crippen molar-refractivity contribution in [3.05, 3.63) is 0 Å². The molecule has 0 aromatic carbocycles. The molecule has 0 spiro atoms. The van der Waals surface area contributed by atoms with Gasteiger partial charge in [0, 0.05) is 25.9 Å². The van der Waals surface area contributed by atoms with Crippen LogP contribution >= 0.6 is 0 Å². The number of ketones is 1. The van der Waals surface area contributed by atoms with Gasteiger partial charge in [-0.2, -0.15) is 13.2 Å². The van der Waals surface area contributed by atoms with Gasteiger partial charge in [-0.1, -0.05) is 20.8 Å². The van der Waals surface area contributed by atoms with E-state index < -0.39 is 65.5 Å². The first kappa shape index (κ1) is 31.8. The Balaban J connectivity index is 5.96. The van der Waals surface area contributed by atoms with Gasteiger partial charge in [-0.25, -0.2) is 0 Å². The van der Waals surface area contributed by atoms with Gasteiger partial charge in [0.25, 0.3) is 5.78 Å². The van der Waals surface area contributed by atoms with Crippen molar-refractivity contribution in [1.82, 2.24) is 21.3 Å². The first-order chi connectivity index (χ1) is 16.0. The van der Waals surface area contributed by atoms with E-state index in [0.717, 1.165) is 6.92 Å². The quantitative estimate of drug-likeness (QED) is 0.186. The van der Waals surface area contributed by atoms with Crippen LogP contribution < -0.4 is 27.0 Å². The smallest absolute Gasteiger partial charge is 0.370 e. The number of alkyl halides is 3. The van der Waals surface area contributed by atoms with Gasteiger partial charge in [-0.15, -0.1) is 0 Å². The molecule has 11 nitrogen and oxygen atoms in total. The number of carbonyl (C=O) groups excluding carboxylic acids is 6. The number of halogens is 3. The molecule has 200 valence electrons. The van der Waals surface area contributed by atoms with Gasteiger partial charge >= 0.3 is 6.18 Å². The molecule has 0 bridgehead atoms. The zero-order valence-electron chi connectivity index (χ0n) is 20.3. The predicted molar refractivity (Wildman–Crippen MR) is 118 cm³/mol. The summed E-state index contributed by atoms with van der Waals surface area (Å²) in [5, 5.41) is 9.42. The molecule has 0 saturated carbocycles. The van der Waals surface area contributed by atoms with E-state index in [0.29, 0.717) is 6.41 Å². The van der Waals surface area contributed by atoms with Crippen molar-refractivity contribution in [2.45, 2.75) is 71.8 Å².